The van der Waals surface area contributed by atoms with Crippen molar-refractivity contribution in [3.63, 3.8) is 0 Å². The first kappa shape index (κ1) is 21.3. The summed E-state index contributed by atoms with van der Waals surface area (Å²) in [6, 6.07) is 11.9. The molecule has 2 aliphatic rings. The number of amides is 1. The Kier molecular flexibility index (Phi) is 5.67. The van der Waals surface area contributed by atoms with Gasteiger partial charge in [-0.05, 0) is 66.0 Å². The van der Waals surface area contributed by atoms with Gasteiger partial charge >= 0.3 is 0 Å². The summed E-state index contributed by atoms with van der Waals surface area (Å²) in [4.78, 5) is 16.1. The lowest BCUT2D eigenvalue weighted by Gasteiger charge is -2.40. The van der Waals surface area contributed by atoms with Gasteiger partial charge in [-0.1, -0.05) is 17.7 Å². The Morgan fingerprint density at radius 2 is 1.80 bits per heavy atom. The molecule has 160 valence electrons. The second-order valence-corrected chi connectivity index (χ2v) is 10.8. The molecule has 0 saturated carbocycles. The van der Waals surface area contributed by atoms with E-state index in [0.29, 0.717) is 36.3 Å². The third-order valence-corrected chi connectivity index (χ3v) is 8.81. The molecule has 8 heteroatoms. The lowest BCUT2D eigenvalue weighted by atomic mass is 10.1. The topological polar surface area (TPSA) is 60.9 Å². The number of carbonyl (C=O) groups excluding carboxylic acids is 1. The highest BCUT2D eigenvalue weighted by Gasteiger charge is 2.35. The first-order valence-electron chi connectivity index (χ1n) is 10.1. The number of fused-ring (bicyclic) bond motifs is 1. The van der Waals surface area contributed by atoms with Gasteiger partial charge in [0.2, 0.25) is 15.9 Å². The van der Waals surface area contributed by atoms with Crippen LogP contribution in [0.5, 0.6) is 0 Å². The molecule has 1 amide bonds. The summed E-state index contributed by atoms with van der Waals surface area (Å²) >= 11 is 3.46. The van der Waals surface area contributed by atoms with Crippen molar-refractivity contribution in [2.45, 2.75) is 38.1 Å². The molecule has 0 radical (unpaired) electrons. The molecule has 0 aromatic heterocycles. The van der Waals surface area contributed by atoms with Gasteiger partial charge in [0.1, 0.15) is 0 Å². The predicted molar refractivity (Wildman–Crippen MR) is 123 cm³/mol. The van der Waals surface area contributed by atoms with Crippen molar-refractivity contribution >= 4 is 43.2 Å². The van der Waals surface area contributed by atoms with Gasteiger partial charge in [-0.15, -0.1) is 0 Å². The SMILES string of the molecule is CC(=O)N1CCc2cc(Br)c(S(=O)(=O)N3CCN(c4ccc(C)cc4)[C@@H](C)C3)cc21. The minimum atomic E-state index is -3.69. The number of piperazine rings is 1. The molecule has 6 nitrogen and oxygen atoms in total. The zero-order chi connectivity index (χ0) is 21.6. The average Bonchev–Trinajstić information content (AvgIpc) is 3.11. The Morgan fingerprint density at radius 1 is 1.10 bits per heavy atom. The summed E-state index contributed by atoms with van der Waals surface area (Å²) in [6.45, 7) is 7.67. The van der Waals surface area contributed by atoms with Crippen molar-refractivity contribution in [2.75, 3.05) is 36.0 Å². The Morgan fingerprint density at radius 3 is 2.43 bits per heavy atom. The number of aryl methyl sites for hydroxylation is 1. The van der Waals surface area contributed by atoms with E-state index < -0.39 is 10.0 Å². The second kappa shape index (κ2) is 7.98. The first-order chi connectivity index (χ1) is 14.2. The Hall–Kier alpha value is -1.90. The van der Waals surface area contributed by atoms with Gasteiger partial charge in [-0.25, -0.2) is 8.42 Å². The third-order valence-electron chi connectivity index (χ3n) is 5.98. The van der Waals surface area contributed by atoms with Gasteiger partial charge in [-0.2, -0.15) is 4.31 Å². The van der Waals surface area contributed by atoms with E-state index in [9.17, 15) is 13.2 Å². The van der Waals surface area contributed by atoms with Crippen LogP contribution in [0, 0.1) is 6.92 Å². The molecule has 1 fully saturated rings. The van der Waals surface area contributed by atoms with Gasteiger partial charge in [-0.3, -0.25) is 4.79 Å². The lowest BCUT2D eigenvalue weighted by Crippen LogP contribution is -2.53. The van der Waals surface area contributed by atoms with Crippen LogP contribution in [0.3, 0.4) is 0 Å². The van der Waals surface area contributed by atoms with Gasteiger partial charge in [0, 0.05) is 55.0 Å². The fourth-order valence-corrected chi connectivity index (χ4v) is 6.90. The van der Waals surface area contributed by atoms with Crippen LogP contribution in [-0.2, 0) is 21.2 Å². The van der Waals surface area contributed by atoms with Crippen molar-refractivity contribution in [1.82, 2.24) is 4.31 Å². The maximum Gasteiger partial charge on any atom is 0.244 e. The standard InChI is InChI=1S/C22H26BrN3O3S/c1-15-4-6-19(7-5-15)25-11-10-24(14-16(25)2)30(28,29)22-13-21-18(12-20(22)23)8-9-26(21)17(3)27/h4-7,12-13,16H,8-11,14H2,1-3H3/t16-/m0/s1. The molecule has 0 N–H and O–H groups in total. The maximum atomic E-state index is 13.5. The maximum absolute atomic E-state index is 13.5. The van der Waals surface area contributed by atoms with Gasteiger partial charge < -0.3 is 9.80 Å². The summed E-state index contributed by atoms with van der Waals surface area (Å²) in [5.41, 5.74) is 4.01. The molecule has 0 spiro atoms. The van der Waals surface area contributed by atoms with Gasteiger partial charge in [0.25, 0.3) is 0 Å². The Balaban J connectivity index is 1.60. The van der Waals surface area contributed by atoms with E-state index in [4.69, 9.17) is 0 Å². The van der Waals surface area contributed by atoms with Crippen LogP contribution in [-0.4, -0.2) is 50.9 Å². The molecular formula is C22H26BrN3O3S. The van der Waals surface area contributed by atoms with E-state index in [-0.39, 0.29) is 16.8 Å². The molecule has 2 aromatic rings. The van der Waals surface area contributed by atoms with Crippen LogP contribution in [0.1, 0.15) is 25.0 Å². The summed E-state index contributed by atoms with van der Waals surface area (Å²) in [5, 5.41) is 0. The number of carbonyl (C=O) groups is 1. The van der Waals surface area contributed by atoms with Crippen LogP contribution in [0.2, 0.25) is 0 Å². The van der Waals surface area contributed by atoms with E-state index in [1.165, 1.54) is 12.5 Å². The van der Waals surface area contributed by atoms with Crippen molar-refractivity contribution in [3.05, 3.63) is 52.0 Å². The van der Waals surface area contributed by atoms with Crippen molar-refractivity contribution in [2.24, 2.45) is 0 Å². The van der Waals surface area contributed by atoms with Crippen molar-refractivity contribution < 1.29 is 13.2 Å². The second-order valence-electron chi connectivity index (χ2n) is 8.07. The Bertz CT molecular complexity index is 1090. The minimum Gasteiger partial charge on any atom is -0.366 e. The quantitative estimate of drug-likeness (QED) is 0.658. The summed E-state index contributed by atoms with van der Waals surface area (Å²) in [5.74, 6) is -0.0697. The lowest BCUT2D eigenvalue weighted by molar-refractivity contribution is -0.116. The molecule has 0 bridgehead atoms. The number of sulfonamides is 1. The molecule has 2 aliphatic heterocycles. The zero-order valence-corrected chi connectivity index (χ0v) is 19.8. The molecule has 1 atom stereocenters. The molecule has 2 heterocycles. The number of anilines is 2. The number of hydrogen-bond donors (Lipinski definition) is 0. The molecule has 0 aliphatic carbocycles. The van der Waals surface area contributed by atoms with Gasteiger partial charge in [0.05, 0.1) is 4.90 Å². The molecule has 2 aromatic carbocycles. The summed E-state index contributed by atoms with van der Waals surface area (Å²) < 4.78 is 29.1. The van der Waals surface area contributed by atoms with E-state index in [0.717, 1.165) is 17.7 Å². The molecular weight excluding hydrogens is 466 g/mol. The highest BCUT2D eigenvalue weighted by Crippen LogP contribution is 2.37. The van der Waals surface area contributed by atoms with Crippen LogP contribution in [0.25, 0.3) is 0 Å². The smallest absolute Gasteiger partial charge is 0.244 e. The fourth-order valence-electron chi connectivity index (χ4n) is 4.31. The van der Waals surface area contributed by atoms with E-state index in [1.54, 1.807) is 15.3 Å². The summed E-state index contributed by atoms with van der Waals surface area (Å²) in [7, 11) is -3.69. The number of nitrogens with zero attached hydrogens (tertiary/aromatic N) is 3. The Labute approximate surface area is 186 Å². The third kappa shape index (κ3) is 3.76. The monoisotopic (exact) mass is 491 g/mol. The van der Waals surface area contributed by atoms with Crippen molar-refractivity contribution in [1.29, 1.82) is 0 Å². The van der Waals surface area contributed by atoms with Gasteiger partial charge in [0.15, 0.2) is 0 Å². The van der Waals surface area contributed by atoms with E-state index >= 15 is 0 Å². The van der Waals surface area contributed by atoms with Crippen molar-refractivity contribution in [3.8, 4) is 0 Å². The largest absolute Gasteiger partial charge is 0.366 e. The van der Waals surface area contributed by atoms with Crippen LogP contribution in [0.15, 0.2) is 45.8 Å². The summed E-state index contributed by atoms with van der Waals surface area (Å²) in [6.07, 6.45) is 0.736. The first-order valence-corrected chi connectivity index (χ1v) is 12.4. The normalized spacial score (nSPS) is 19.8. The molecule has 4 rings (SSSR count). The average molecular weight is 492 g/mol. The zero-order valence-electron chi connectivity index (χ0n) is 17.4. The van der Waals surface area contributed by atoms with Crippen LogP contribution in [0.4, 0.5) is 11.4 Å². The number of benzene rings is 2. The van der Waals surface area contributed by atoms with E-state index in [1.807, 2.05) is 6.07 Å². The van der Waals surface area contributed by atoms with Crippen LogP contribution < -0.4 is 9.80 Å². The molecule has 1 saturated heterocycles. The highest BCUT2D eigenvalue weighted by atomic mass is 79.9. The molecule has 30 heavy (non-hydrogen) atoms. The number of halogens is 1. The number of rotatable bonds is 3. The number of hydrogen-bond acceptors (Lipinski definition) is 4. The predicted octanol–water partition coefficient (Wildman–Crippen LogP) is 3.57. The minimum absolute atomic E-state index is 0.0538. The van der Waals surface area contributed by atoms with Crippen LogP contribution >= 0.6 is 15.9 Å². The molecule has 0 unspecified atom stereocenters. The van der Waals surface area contributed by atoms with E-state index in [2.05, 4.69) is 58.9 Å². The highest BCUT2D eigenvalue weighted by molar-refractivity contribution is 9.10. The fraction of sp³-hybridized carbons (Fsp3) is 0.409.